The Balaban J connectivity index is 1.62. The van der Waals surface area contributed by atoms with Crippen LogP contribution in [0.15, 0.2) is 18.3 Å². The van der Waals surface area contributed by atoms with Crippen molar-refractivity contribution in [3.63, 3.8) is 0 Å². The van der Waals surface area contributed by atoms with Crippen molar-refractivity contribution in [2.45, 2.75) is 32.4 Å². The van der Waals surface area contributed by atoms with Gasteiger partial charge in [-0.1, -0.05) is 6.92 Å². The molecule has 9 heteroatoms. The Bertz CT molecular complexity index is 768. The van der Waals surface area contributed by atoms with Crippen LogP contribution in [0, 0.1) is 0 Å². The largest absolute Gasteiger partial charge is 0.392 e. The van der Waals surface area contributed by atoms with E-state index in [1.165, 1.54) is 0 Å². The molecule has 28 heavy (non-hydrogen) atoms. The molecule has 1 aromatic heterocycles. The average Bonchev–Trinajstić information content (AvgIpc) is 2.67. The summed E-state index contributed by atoms with van der Waals surface area (Å²) >= 11 is 0. The molecule has 2 aliphatic rings. The molecule has 0 radical (unpaired) electrons. The van der Waals surface area contributed by atoms with E-state index in [1.807, 2.05) is 13.0 Å². The van der Waals surface area contributed by atoms with Crippen LogP contribution in [0.25, 0.3) is 0 Å². The Kier molecular flexibility index (Phi) is 6.57. The fraction of sp³-hybridized carbons (Fsp3) is 0.684. The molecule has 0 bridgehead atoms. The Morgan fingerprint density at radius 1 is 1.25 bits per heavy atom. The molecule has 2 saturated heterocycles. The zero-order valence-electron chi connectivity index (χ0n) is 16.6. The second-order valence-electron chi connectivity index (χ2n) is 7.70. The second-order valence-corrected chi connectivity index (χ2v) is 10.0. The molecule has 156 valence electrons. The molecule has 0 aromatic carbocycles. The zero-order chi connectivity index (χ0) is 20.3. The van der Waals surface area contributed by atoms with E-state index in [1.54, 1.807) is 17.2 Å². The Labute approximate surface area is 167 Å². The number of anilines is 1. The summed E-state index contributed by atoms with van der Waals surface area (Å²) in [6.45, 7) is 7.66. The Morgan fingerprint density at radius 2 is 1.96 bits per heavy atom. The van der Waals surface area contributed by atoms with Gasteiger partial charge in [0.2, 0.25) is 0 Å². The third kappa shape index (κ3) is 5.01. The first kappa shape index (κ1) is 21.0. The number of aliphatic hydroxyl groups excluding tert-OH is 1. The summed E-state index contributed by atoms with van der Waals surface area (Å²) in [5, 5.41) is 9.68. The summed E-state index contributed by atoms with van der Waals surface area (Å²) in [5.41, 5.74) is 0.489. The summed E-state index contributed by atoms with van der Waals surface area (Å²) in [5.74, 6) is 0.730. The maximum absolute atomic E-state index is 12.6. The number of rotatable bonds is 5. The van der Waals surface area contributed by atoms with Gasteiger partial charge in [-0.2, -0.15) is 0 Å². The van der Waals surface area contributed by atoms with Crippen molar-refractivity contribution in [3.05, 3.63) is 23.9 Å². The zero-order valence-corrected chi connectivity index (χ0v) is 17.4. The van der Waals surface area contributed by atoms with Gasteiger partial charge in [0.05, 0.1) is 23.2 Å². The number of nitrogens with zero attached hydrogens (tertiary/aromatic N) is 4. The SMILES string of the molecule is CC[C@@H]1CN(c2ccc(C(=O)N3CCS(=O)(=O)CC3)cn2)CCN1C[C@@H](C)O. The molecule has 3 rings (SSSR count). The van der Waals surface area contributed by atoms with Crippen LogP contribution in [0.2, 0.25) is 0 Å². The van der Waals surface area contributed by atoms with Gasteiger partial charge in [-0.25, -0.2) is 13.4 Å². The summed E-state index contributed by atoms with van der Waals surface area (Å²) in [4.78, 5) is 23.2. The van der Waals surface area contributed by atoms with Crippen molar-refractivity contribution in [3.8, 4) is 0 Å². The third-order valence-corrected chi connectivity index (χ3v) is 7.13. The number of pyridine rings is 1. The molecule has 3 heterocycles. The molecule has 0 unspecified atom stereocenters. The number of hydrogen-bond donors (Lipinski definition) is 1. The predicted octanol–water partition coefficient (Wildman–Crippen LogP) is 0.234. The lowest BCUT2D eigenvalue weighted by molar-refractivity contribution is 0.0770. The van der Waals surface area contributed by atoms with Gasteiger partial charge < -0.3 is 14.9 Å². The van der Waals surface area contributed by atoms with E-state index >= 15 is 0 Å². The quantitative estimate of drug-likeness (QED) is 0.743. The molecule has 1 aromatic rings. The van der Waals surface area contributed by atoms with Gasteiger partial charge in [0.25, 0.3) is 5.91 Å². The maximum Gasteiger partial charge on any atom is 0.255 e. The van der Waals surface area contributed by atoms with Crippen LogP contribution < -0.4 is 4.90 Å². The Morgan fingerprint density at radius 3 is 2.54 bits per heavy atom. The summed E-state index contributed by atoms with van der Waals surface area (Å²) in [6.07, 6.45) is 2.25. The minimum Gasteiger partial charge on any atom is -0.392 e. The molecule has 0 saturated carbocycles. The molecular weight excluding hydrogens is 380 g/mol. The lowest BCUT2D eigenvalue weighted by Crippen LogP contribution is -2.54. The van der Waals surface area contributed by atoms with Gasteiger partial charge in [0, 0.05) is 51.5 Å². The van der Waals surface area contributed by atoms with Crippen molar-refractivity contribution in [1.29, 1.82) is 0 Å². The summed E-state index contributed by atoms with van der Waals surface area (Å²) in [7, 11) is -3.01. The van der Waals surface area contributed by atoms with Crippen molar-refractivity contribution in [2.24, 2.45) is 0 Å². The fourth-order valence-corrected chi connectivity index (χ4v) is 5.07. The number of carbonyl (C=O) groups is 1. The van der Waals surface area contributed by atoms with Gasteiger partial charge in [-0.3, -0.25) is 9.69 Å². The summed E-state index contributed by atoms with van der Waals surface area (Å²) in [6, 6.07) is 4.00. The van der Waals surface area contributed by atoms with Gasteiger partial charge in [-0.05, 0) is 25.5 Å². The number of β-amino-alcohol motifs (C(OH)–C–C–N with tert-alkyl or cyclic N) is 1. The van der Waals surface area contributed by atoms with E-state index in [0.29, 0.717) is 18.2 Å². The smallest absolute Gasteiger partial charge is 0.255 e. The second kappa shape index (κ2) is 8.75. The number of aliphatic hydroxyl groups is 1. The van der Waals surface area contributed by atoms with Crippen molar-refractivity contribution < 1.29 is 18.3 Å². The standard InChI is InChI=1S/C19H30N4O4S/c1-3-17-14-23(7-6-22(17)13-15(2)24)18-5-4-16(12-20-18)19(25)21-8-10-28(26,27)11-9-21/h4-5,12,15,17,24H,3,6-11,13-14H2,1-2H3/t15-,17-/m1/s1. The van der Waals surface area contributed by atoms with E-state index in [9.17, 15) is 18.3 Å². The topological polar surface area (TPSA) is 94.1 Å². The van der Waals surface area contributed by atoms with E-state index in [-0.39, 0.29) is 36.6 Å². The van der Waals surface area contributed by atoms with Gasteiger partial charge in [0.1, 0.15) is 5.82 Å². The van der Waals surface area contributed by atoms with E-state index in [0.717, 1.165) is 31.9 Å². The highest BCUT2D eigenvalue weighted by atomic mass is 32.2. The normalized spacial score (nSPS) is 24.2. The highest BCUT2D eigenvalue weighted by Gasteiger charge is 2.28. The Hall–Kier alpha value is -1.71. The molecule has 2 atom stereocenters. The monoisotopic (exact) mass is 410 g/mol. The molecule has 0 aliphatic carbocycles. The molecule has 1 N–H and O–H groups in total. The van der Waals surface area contributed by atoms with Gasteiger partial charge >= 0.3 is 0 Å². The van der Waals surface area contributed by atoms with E-state index in [4.69, 9.17) is 0 Å². The van der Waals surface area contributed by atoms with Crippen molar-refractivity contribution in [2.75, 3.05) is 55.7 Å². The molecular formula is C19H30N4O4S. The maximum atomic E-state index is 12.6. The first-order valence-corrected chi connectivity index (χ1v) is 11.7. The highest BCUT2D eigenvalue weighted by molar-refractivity contribution is 7.91. The minimum absolute atomic E-state index is 0.0272. The molecule has 2 aliphatic heterocycles. The lowest BCUT2D eigenvalue weighted by Gasteiger charge is -2.42. The highest BCUT2D eigenvalue weighted by Crippen LogP contribution is 2.20. The molecule has 0 spiro atoms. The molecule has 2 fully saturated rings. The van der Waals surface area contributed by atoms with E-state index in [2.05, 4.69) is 21.7 Å². The summed E-state index contributed by atoms with van der Waals surface area (Å²) < 4.78 is 23.1. The lowest BCUT2D eigenvalue weighted by atomic mass is 10.1. The van der Waals surface area contributed by atoms with E-state index < -0.39 is 9.84 Å². The first-order valence-electron chi connectivity index (χ1n) is 9.92. The number of piperazine rings is 1. The van der Waals surface area contributed by atoms with Crippen LogP contribution >= 0.6 is 0 Å². The van der Waals surface area contributed by atoms with Gasteiger partial charge in [0.15, 0.2) is 9.84 Å². The van der Waals surface area contributed by atoms with Gasteiger partial charge in [-0.15, -0.1) is 0 Å². The average molecular weight is 411 g/mol. The van der Waals surface area contributed by atoms with Crippen LogP contribution in [0.5, 0.6) is 0 Å². The van der Waals surface area contributed by atoms with Crippen molar-refractivity contribution >= 4 is 21.6 Å². The van der Waals surface area contributed by atoms with Crippen LogP contribution in [-0.4, -0.2) is 97.1 Å². The molecule has 8 nitrogen and oxygen atoms in total. The van der Waals surface area contributed by atoms with Crippen molar-refractivity contribution in [1.82, 2.24) is 14.8 Å². The number of sulfone groups is 1. The number of amides is 1. The van der Waals surface area contributed by atoms with Crippen LogP contribution in [-0.2, 0) is 9.84 Å². The third-order valence-electron chi connectivity index (χ3n) is 5.53. The van der Waals surface area contributed by atoms with Crippen LogP contribution in [0.3, 0.4) is 0 Å². The first-order chi connectivity index (χ1) is 13.3. The number of carbonyl (C=O) groups excluding carboxylic acids is 1. The predicted molar refractivity (Wildman–Crippen MR) is 108 cm³/mol. The van der Waals surface area contributed by atoms with Crippen LogP contribution in [0.4, 0.5) is 5.82 Å². The molecule has 1 amide bonds. The number of hydrogen-bond acceptors (Lipinski definition) is 7. The van der Waals surface area contributed by atoms with Crippen LogP contribution in [0.1, 0.15) is 30.6 Å². The minimum atomic E-state index is -3.01. The number of aromatic nitrogens is 1. The fourth-order valence-electron chi connectivity index (χ4n) is 3.87.